The molecule has 3 heteroatoms. The van der Waals surface area contributed by atoms with Gasteiger partial charge in [0.15, 0.2) is 5.78 Å². The van der Waals surface area contributed by atoms with Crippen molar-refractivity contribution in [1.29, 1.82) is 0 Å². The normalized spacial score (nSPS) is 10.4. The number of hydrogen-bond acceptors (Lipinski definition) is 2. The molecule has 0 radical (unpaired) electrons. The first-order chi connectivity index (χ1) is 9.16. The molecule has 2 aromatic rings. The summed E-state index contributed by atoms with van der Waals surface area (Å²) in [4.78, 5) is 11.9. The molecule has 2 rings (SSSR count). The minimum atomic E-state index is -0.314. The van der Waals surface area contributed by atoms with E-state index in [1.807, 2.05) is 25.1 Å². The summed E-state index contributed by atoms with van der Waals surface area (Å²) in [6.07, 6.45) is 0. The van der Waals surface area contributed by atoms with Gasteiger partial charge in [0.05, 0.1) is 6.61 Å². The van der Waals surface area contributed by atoms with Gasteiger partial charge in [-0.1, -0.05) is 42.0 Å². The van der Waals surface area contributed by atoms with Gasteiger partial charge < -0.3 is 4.74 Å². The van der Waals surface area contributed by atoms with Crippen LogP contribution in [0.2, 0.25) is 0 Å². The molecule has 0 aliphatic carbocycles. The molecule has 0 heterocycles. The first-order valence-electron chi connectivity index (χ1n) is 6.08. The molecule has 0 saturated heterocycles. The highest BCUT2D eigenvalue weighted by Gasteiger charge is 2.07. The van der Waals surface area contributed by atoms with E-state index in [-0.39, 0.29) is 24.8 Å². The summed E-state index contributed by atoms with van der Waals surface area (Å²) in [5.74, 6) is -0.412. The highest BCUT2D eigenvalue weighted by atomic mass is 19.1. The quantitative estimate of drug-likeness (QED) is 0.767. The Bertz CT molecular complexity index is 578. The molecule has 0 aromatic heterocycles. The molecule has 0 amide bonds. The van der Waals surface area contributed by atoms with E-state index in [2.05, 4.69) is 0 Å². The Hall–Kier alpha value is -2.00. The van der Waals surface area contributed by atoms with Crippen LogP contribution in [0.4, 0.5) is 4.39 Å². The third kappa shape index (κ3) is 3.73. The Morgan fingerprint density at radius 3 is 2.68 bits per heavy atom. The lowest BCUT2D eigenvalue weighted by Crippen LogP contribution is -2.09. The number of rotatable bonds is 5. The Balaban J connectivity index is 1.90. The van der Waals surface area contributed by atoms with E-state index >= 15 is 0 Å². The molecule has 2 nitrogen and oxygen atoms in total. The van der Waals surface area contributed by atoms with Gasteiger partial charge in [-0.25, -0.2) is 4.39 Å². The zero-order valence-electron chi connectivity index (χ0n) is 10.7. The first-order valence-corrected chi connectivity index (χ1v) is 6.08. The van der Waals surface area contributed by atoms with Crippen molar-refractivity contribution in [2.45, 2.75) is 13.5 Å². The van der Waals surface area contributed by atoms with Gasteiger partial charge in [0.1, 0.15) is 12.4 Å². The largest absolute Gasteiger partial charge is 0.369 e. The monoisotopic (exact) mass is 258 g/mol. The van der Waals surface area contributed by atoms with Gasteiger partial charge >= 0.3 is 0 Å². The van der Waals surface area contributed by atoms with E-state index in [1.165, 1.54) is 6.07 Å². The van der Waals surface area contributed by atoms with Gasteiger partial charge in [-0.15, -0.1) is 0 Å². The van der Waals surface area contributed by atoms with Crippen LogP contribution in [0.25, 0.3) is 0 Å². The fourth-order valence-corrected chi connectivity index (χ4v) is 1.77. The fraction of sp³-hybridized carbons (Fsp3) is 0.188. The van der Waals surface area contributed by atoms with Crippen molar-refractivity contribution in [2.75, 3.05) is 6.61 Å². The maximum Gasteiger partial charge on any atom is 0.188 e. The second kappa shape index (κ2) is 6.25. The van der Waals surface area contributed by atoms with Crippen molar-refractivity contribution in [3.63, 3.8) is 0 Å². The summed E-state index contributed by atoms with van der Waals surface area (Å²) in [5.41, 5.74) is 2.10. The van der Waals surface area contributed by atoms with Crippen LogP contribution in [0.5, 0.6) is 0 Å². The van der Waals surface area contributed by atoms with Crippen molar-refractivity contribution < 1.29 is 13.9 Å². The zero-order valence-corrected chi connectivity index (χ0v) is 10.7. The summed E-state index contributed by atoms with van der Waals surface area (Å²) in [7, 11) is 0. The van der Waals surface area contributed by atoms with E-state index < -0.39 is 0 Å². The lowest BCUT2D eigenvalue weighted by molar-refractivity contribution is 0.0721. The van der Waals surface area contributed by atoms with Gasteiger partial charge in [0.25, 0.3) is 0 Å². The molecule has 0 bridgehead atoms. The van der Waals surface area contributed by atoms with Crippen LogP contribution in [-0.2, 0) is 11.3 Å². The average Bonchev–Trinajstić information content (AvgIpc) is 2.41. The fourth-order valence-electron chi connectivity index (χ4n) is 1.77. The summed E-state index contributed by atoms with van der Waals surface area (Å²) in [6, 6.07) is 13.7. The van der Waals surface area contributed by atoms with Crippen molar-refractivity contribution in [3.05, 3.63) is 71.0 Å². The van der Waals surface area contributed by atoms with Crippen molar-refractivity contribution in [3.8, 4) is 0 Å². The maximum atomic E-state index is 13.3. The molecule has 0 aliphatic heterocycles. The van der Waals surface area contributed by atoms with Gasteiger partial charge in [0, 0.05) is 11.1 Å². The molecule has 0 atom stereocenters. The Morgan fingerprint density at radius 1 is 1.16 bits per heavy atom. The van der Waals surface area contributed by atoms with E-state index in [1.54, 1.807) is 24.3 Å². The average molecular weight is 258 g/mol. The Morgan fingerprint density at radius 2 is 1.95 bits per heavy atom. The number of hydrogen-bond donors (Lipinski definition) is 0. The third-order valence-corrected chi connectivity index (χ3v) is 2.79. The minimum absolute atomic E-state index is 0.0439. The predicted molar refractivity (Wildman–Crippen MR) is 71.6 cm³/mol. The molecule has 2 aromatic carbocycles. The zero-order chi connectivity index (χ0) is 13.7. The van der Waals surface area contributed by atoms with Crippen molar-refractivity contribution in [2.24, 2.45) is 0 Å². The lowest BCUT2D eigenvalue weighted by Gasteiger charge is -2.05. The standard InChI is InChI=1S/C16H15FO2/c1-12-5-4-7-13(9-12)16(18)11-19-10-14-6-2-3-8-15(14)17/h2-9H,10-11H2,1H3. The summed E-state index contributed by atoms with van der Waals surface area (Å²) in [5, 5.41) is 0. The second-order valence-electron chi connectivity index (χ2n) is 4.38. The summed E-state index contributed by atoms with van der Waals surface area (Å²) in [6.45, 7) is 1.99. The van der Waals surface area contributed by atoms with Crippen LogP contribution in [0.1, 0.15) is 21.5 Å². The lowest BCUT2D eigenvalue weighted by atomic mass is 10.1. The predicted octanol–water partition coefficient (Wildman–Crippen LogP) is 3.53. The highest BCUT2D eigenvalue weighted by Crippen LogP contribution is 2.09. The van der Waals surface area contributed by atoms with Gasteiger partial charge in [0.2, 0.25) is 0 Å². The van der Waals surface area contributed by atoms with Gasteiger partial charge in [-0.2, -0.15) is 0 Å². The van der Waals surface area contributed by atoms with E-state index in [4.69, 9.17) is 4.74 Å². The molecule has 0 saturated carbocycles. The Kier molecular flexibility index (Phi) is 4.42. The molecule has 0 unspecified atom stereocenters. The van der Waals surface area contributed by atoms with Crippen LogP contribution >= 0.6 is 0 Å². The molecule has 0 spiro atoms. The summed E-state index contributed by atoms with van der Waals surface area (Å²) >= 11 is 0. The Labute approximate surface area is 111 Å². The number of benzene rings is 2. The van der Waals surface area contributed by atoms with Crippen LogP contribution in [0.3, 0.4) is 0 Å². The molecular formula is C16H15FO2. The minimum Gasteiger partial charge on any atom is -0.369 e. The first kappa shape index (κ1) is 13.4. The topological polar surface area (TPSA) is 26.3 Å². The second-order valence-corrected chi connectivity index (χ2v) is 4.38. The number of carbonyl (C=O) groups excluding carboxylic acids is 1. The number of halogens is 1. The van der Waals surface area contributed by atoms with E-state index in [9.17, 15) is 9.18 Å². The number of ketones is 1. The molecule has 98 valence electrons. The maximum absolute atomic E-state index is 13.3. The molecule has 0 fully saturated rings. The highest BCUT2D eigenvalue weighted by molar-refractivity contribution is 5.97. The van der Waals surface area contributed by atoms with Gasteiger partial charge in [-0.3, -0.25) is 4.79 Å². The number of carbonyl (C=O) groups is 1. The van der Waals surface area contributed by atoms with Crippen LogP contribution in [0, 0.1) is 12.7 Å². The van der Waals surface area contributed by atoms with Crippen LogP contribution in [0.15, 0.2) is 48.5 Å². The van der Waals surface area contributed by atoms with Crippen molar-refractivity contribution in [1.82, 2.24) is 0 Å². The van der Waals surface area contributed by atoms with E-state index in [0.717, 1.165) is 5.56 Å². The smallest absolute Gasteiger partial charge is 0.188 e. The van der Waals surface area contributed by atoms with Crippen molar-refractivity contribution >= 4 is 5.78 Å². The number of Topliss-reactive ketones (excluding diaryl/α,β-unsaturated/α-hetero) is 1. The van der Waals surface area contributed by atoms with Crippen LogP contribution < -0.4 is 0 Å². The van der Waals surface area contributed by atoms with Gasteiger partial charge in [-0.05, 0) is 19.1 Å². The molecule has 19 heavy (non-hydrogen) atoms. The van der Waals surface area contributed by atoms with Crippen LogP contribution in [-0.4, -0.2) is 12.4 Å². The summed E-state index contributed by atoms with van der Waals surface area (Å²) < 4.78 is 18.6. The molecule has 0 N–H and O–H groups in total. The van der Waals surface area contributed by atoms with E-state index in [0.29, 0.717) is 11.1 Å². The number of aryl methyl sites for hydroxylation is 1. The molecule has 0 aliphatic rings. The third-order valence-electron chi connectivity index (χ3n) is 2.79. The molecular weight excluding hydrogens is 243 g/mol. The SMILES string of the molecule is Cc1cccc(C(=O)COCc2ccccc2F)c1. The number of ether oxygens (including phenoxy) is 1.